The predicted molar refractivity (Wildman–Crippen MR) is 101 cm³/mol. The number of hydrogen-bond donors (Lipinski definition) is 1. The van der Waals surface area contributed by atoms with Crippen LogP contribution in [0.3, 0.4) is 0 Å². The first-order chi connectivity index (χ1) is 13.9. The highest BCUT2D eigenvalue weighted by Gasteiger charge is 2.25. The van der Waals surface area contributed by atoms with Gasteiger partial charge in [0.1, 0.15) is 11.5 Å². The van der Waals surface area contributed by atoms with E-state index in [9.17, 15) is 14.4 Å². The van der Waals surface area contributed by atoms with Crippen LogP contribution in [0.1, 0.15) is 51.2 Å². The lowest BCUT2D eigenvalue weighted by molar-refractivity contribution is -0.135. The summed E-state index contributed by atoms with van der Waals surface area (Å²) in [6, 6.07) is 5.39. The zero-order chi connectivity index (χ0) is 21.4. The first kappa shape index (κ1) is 21.8. The quantitative estimate of drug-likeness (QED) is 0.640. The third kappa shape index (κ3) is 5.48. The van der Waals surface area contributed by atoms with Crippen molar-refractivity contribution in [1.29, 1.82) is 5.26 Å². The summed E-state index contributed by atoms with van der Waals surface area (Å²) in [5, 5.41) is 8.80. The third-order valence-electron chi connectivity index (χ3n) is 4.22. The lowest BCUT2D eigenvalue weighted by Gasteiger charge is -2.20. The van der Waals surface area contributed by atoms with Gasteiger partial charge in [-0.2, -0.15) is 5.26 Å². The highest BCUT2D eigenvalue weighted by atomic mass is 16.5. The van der Waals surface area contributed by atoms with Gasteiger partial charge in [-0.05, 0) is 38.5 Å². The molecule has 0 saturated heterocycles. The first-order valence-corrected chi connectivity index (χ1v) is 9.09. The molecule has 154 valence electrons. The second kappa shape index (κ2) is 10.1. The van der Waals surface area contributed by atoms with Crippen LogP contribution in [0.5, 0.6) is 0 Å². The zero-order valence-corrected chi connectivity index (χ0v) is 16.6. The molecule has 0 spiro atoms. The summed E-state index contributed by atoms with van der Waals surface area (Å²) in [4.78, 5) is 41.2. The number of aromatic nitrogens is 1. The molecular weight excluding hydrogens is 378 g/mol. The lowest BCUT2D eigenvalue weighted by atomic mass is 10.1. The fourth-order valence-corrected chi connectivity index (χ4v) is 2.82. The molecule has 0 radical (unpaired) electrons. The molecule has 0 atom stereocenters. The summed E-state index contributed by atoms with van der Waals surface area (Å²) in [6.45, 7) is 4.98. The number of nitrogens with zero attached hydrogens (tertiary/aromatic N) is 2. The maximum absolute atomic E-state index is 12.5. The predicted octanol–water partition coefficient (Wildman–Crippen LogP) is 2.50. The second-order valence-corrected chi connectivity index (χ2v) is 6.22. The molecule has 2 rings (SSSR count). The van der Waals surface area contributed by atoms with Gasteiger partial charge in [0.2, 0.25) is 0 Å². The van der Waals surface area contributed by atoms with Crippen molar-refractivity contribution in [2.45, 2.75) is 33.7 Å². The average molecular weight is 401 g/mol. The summed E-state index contributed by atoms with van der Waals surface area (Å²) in [6.07, 6.45) is 1.63. The van der Waals surface area contributed by atoms with Crippen molar-refractivity contribution in [1.82, 2.24) is 9.88 Å². The van der Waals surface area contributed by atoms with Crippen LogP contribution in [-0.4, -0.2) is 47.5 Å². The SMILES string of the molecule is CCOC(=O)c1[nH]c(C)c(C(=O)OCC(=O)N(CCC#N)Cc2ccco2)c1C. The fraction of sp³-hybridized carbons (Fsp3) is 0.400. The molecule has 0 unspecified atom stereocenters. The van der Waals surface area contributed by atoms with Crippen LogP contribution < -0.4 is 0 Å². The van der Waals surface area contributed by atoms with Gasteiger partial charge in [-0.25, -0.2) is 9.59 Å². The minimum atomic E-state index is -0.724. The molecule has 0 aromatic carbocycles. The maximum Gasteiger partial charge on any atom is 0.355 e. The van der Waals surface area contributed by atoms with Gasteiger partial charge in [-0.1, -0.05) is 0 Å². The number of aryl methyl sites for hydroxylation is 1. The molecule has 1 amide bonds. The number of nitriles is 1. The number of aromatic amines is 1. The summed E-state index contributed by atoms with van der Waals surface area (Å²) >= 11 is 0. The first-order valence-electron chi connectivity index (χ1n) is 9.09. The van der Waals surface area contributed by atoms with E-state index in [2.05, 4.69) is 4.98 Å². The van der Waals surface area contributed by atoms with Crippen molar-refractivity contribution in [2.75, 3.05) is 19.8 Å². The van der Waals surface area contributed by atoms with Crippen LogP contribution in [0.4, 0.5) is 0 Å². The van der Waals surface area contributed by atoms with E-state index in [-0.39, 0.29) is 37.4 Å². The van der Waals surface area contributed by atoms with Crippen molar-refractivity contribution in [3.8, 4) is 6.07 Å². The molecule has 0 saturated carbocycles. The number of esters is 2. The van der Waals surface area contributed by atoms with Gasteiger partial charge in [-0.15, -0.1) is 0 Å². The Labute approximate surface area is 168 Å². The van der Waals surface area contributed by atoms with Crippen LogP contribution >= 0.6 is 0 Å². The molecule has 2 heterocycles. The molecule has 9 heteroatoms. The second-order valence-electron chi connectivity index (χ2n) is 6.22. The Morgan fingerprint density at radius 3 is 2.62 bits per heavy atom. The monoisotopic (exact) mass is 401 g/mol. The van der Waals surface area contributed by atoms with Crippen LogP contribution in [0, 0.1) is 25.2 Å². The standard InChI is InChI=1S/C20H23N3O6/c1-4-27-20(26)18-13(2)17(14(3)22-18)19(25)29-12-16(24)23(9-6-8-21)11-15-7-5-10-28-15/h5,7,10,22H,4,6,9,11-12H2,1-3H3. The van der Waals surface area contributed by atoms with Gasteiger partial charge in [0.05, 0.1) is 37.5 Å². The molecule has 0 bridgehead atoms. The average Bonchev–Trinajstić information content (AvgIpc) is 3.30. The number of H-pyrrole nitrogens is 1. The summed E-state index contributed by atoms with van der Waals surface area (Å²) in [5.74, 6) is -1.19. The minimum absolute atomic E-state index is 0.138. The fourth-order valence-electron chi connectivity index (χ4n) is 2.82. The van der Waals surface area contributed by atoms with Crippen LogP contribution in [0.15, 0.2) is 22.8 Å². The van der Waals surface area contributed by atoms with Crippen LogP contribution in [0.25, 0.3) is 0 Å². The number of ether oxygens (including phenoxy) is 2. The van der Waals surface area contributed by atoms with E-state index in [0.717, 1.165) is 0 Å². The summed E-state index contributed by atoms with van der Waals surface area (Å²) < 4.78 is 15.4. The third-order valence-corrected chi connectivity index (χ3v) is 4.22. The molecule has 0 aliphatic heterocycles. The number of rotatable bonds is 9. The molecule has 0 aliphatic carbocycles. The Morgan fingerprint density at radius 2 is 2.00 bits per heavy atom. The van der Waals surface area contributed by atoms with E-state index >= 15 is 0 Å². The van der Waals surface area contributed by atoms with E-state index in [1.807, 2.05) is 6.07 Å². The van der Waals surface area contributed by atoms with Gasteiger partial charge < -0.3 is 23.8 Å². The van der Waals surface area contributed by atoms with E-state index in [1.165, 1.54) is 11.2 Å². The van der Waals surface area contributed by atoms with E-state index < -0.39 is 24.5 Å². The van der Waals surface area contributed by atoms with Crippen molar-refractivity contribution in [3.63, 3.8) is 0 Å². The number of hydrogen-bond acceptors (Lipinski definition) is 7. The zero-order valence-electron chi connectivity index (χ0n) is 16.6. The van der Waals surface area contributed by atoms with Gasteiger partial charge in [0.25, 0.3) is 5.91 Å². The smallest absolute Gasteiger partial charge is 0.355 e. The van der Waals surface area contributed by atoms with Crippen molar-refractivity contribution >= 4 is 17.8 Å². The maximum atomic E-state index is 12.5. The highest BCUT2D eigenvalue weighted by Crippen LogP contribution is 2.20. The number of amides is 1. The Balaban J connectivity index is 2.05. The number of carbonyl (C=O) groups is 3. The minimum Gasteiger partial charge on any atom is -0.467 e. The normalized spacial score (nSPS) is 10.3. The van der Waals surface area contributed by atoms with Gasteiger partial charge in [-0.3, -0.25) is 4.79 Å². The van der Waals surface area contributed by atoms with Gasteiger partial charge >= 0.3 is 11.9 Å². The number of carbonyl (C=O) groups excluding carboxylic acids is 3. The van der Waals surface area contributed by atoms with Crippen LogP contribution in [-0.2, 0) is 20.8 Å². The molecule has 2 aromatic heterocycles. The molecular formula is C20H23N3O6. The molecule has 0 fully saturated rings. The topological polar surface area (TPSA) is 126 Å². The van der Waals surface area contributed by atoms with E-state index in [4.69, 9.17) is 19.2 Å². The van der Waals surface area contributed by atoms with Crippen LogP contribution in [0.2, 0.25) is 0 Å². The Kier molecular flexibility index (Phi) is 7.60. The Hall–Kier alpha value is -3.54. The summed E-state index contributed by atoms with van der Waals surface area (Å²) in [5.41, 5.74) is 1.21. The van der Waals surface area contributed by atoms with Gasteiger partial charge in [0, 0.05) is 12.2 Å². The molecule has 1 N–H and O–H groups in total. The Bertz CT molecular complexity index is 908. The highest BCUT2D eigenvalue weighted by molar-refractivity contribution is 5.99. The van der Waals surface area contributed by atoms with E-state index in [0.29, 0.717) is 17.0 Å². The molecule has 9 nitrogen and oxygen atoms in total. The molecule has 0 aliphatic rings. The largest absolute Gasteiger partial charge is 0.467 e. The number of nitrogens with one attached hydrogen (secondary N) is 1. The van der Waals surface area contributed by atoms with Crippen molar-refractivity contribution in [3.05, 3.63) is 46.7 Å². The molecule has 29 heavy (non-hydrogen) atoms. The Morgan fingerprint density at radius 1 is 1.24 bits per heavy atom. The van der Waals surface area contributed by atoms with Crippen molar-refractivity contribution in [2.24, 2.45) is 0 Å². The van der Waals surface area contributed by atoms with E-state index in [1.54, 1.807) is 32.9 Å². The van der Waals surface area contributed by atoms with Crippen molar-refractivity contribution < 1.29 is 28.3 Å². The number of furan rings is 1. The molecule has 2 aromatic rings. The van der Waals surface area contributed by atoms with Gasteiger partial charge in [0.15, 0.2) is 6.61 Å². The lowest BCUT2D eigenvalue weighted by Crippen LogP contribution is -2.35. The summed E-state index contributed by atoms with van der Waals surface area (Å²) in [7, 11) is 0.